The molecule has 1 unspecified atom stereocenters. The molecule has 1 rings (SSSR count). The average molecular weight is 270 g/mol. The van der Waals surface area contributed by atoms with E-state index < -0.39 is 5.54 Å². The molecule has 4 heteroatoms. The Balaban J connectivity index is 2.74. The van der Waals surface area contributed by atoms with Crippen LogP contribution in [0.15, 0.2) is 0 Å². The number of ether oxygens (including phenoxy) is 1. The van der Waals surface area contributed by atoms with Crippen molar-refractivity contribution in [2.24, 2.45) is 5.92 Å². The lowest BCUT2D eigenvalue weighted by atomic mass is 9.92. The topological polar surface area (TPSA) is 41.6 Å². The molecule has 0 heterocycles. The molecule has 0 amide bonds. The van der Waals surface area contributed by atoms with Crippen molar-refractivity contribution in [1.82, 2.24) is 10.2 Å². The van der Waals surface area contributed by atoms with Crippen molar-refractivity contribution in [3.63, 3.8) is 0 Å². The molecule has 1 aliphatic rings. The molecular formula is C15H30N2O2. The van der Waals surface area contributed by atoms with E-state index in [1.165, 1.54) is 12.8 Å². The molecule has 0 spiro atoms. The summed E-state index contributed by atoms with van der Waals surface area (Å²) in [6.07, 6.45) is 4.62. The van der Waals surface area contributed by atoms with Crippen molar-refractivity contribution < 1.29 is 9.53 Å². The number of rotatable bonds is 10. The Labute approximate surface area is 117 Å². The molecular weight excluding hydrogens is 240 g/mol. The van der Waals surface area contributed by atoms with Crippen LogP contribution in [0.3, 0.4) is 0 Å². The second-order valence-electron chi connectivity index (χ2n) is 5.59. The van der Waals surface area contributed by atoms with E-state index in [0.29, 0.717) is 12.5 Å². The van der Waals surface area contributed by atoms with Gasteiger partial charge in [-0.2, -0.15) is 0 Å². The average Bonchev–Trinajstić information content (AvgIpc) is 3.20. The molecule has 0 aliphatic heterocycles. The number of hydrogen-bond donors (Lipinski definition) is 1. The summed E-state index contributed by atoms with van der Waals surface area (Å²) in [5, 5.41) is 3.43. The second-order valence-corrected chi connectivity index (χ2v) is 5.59. The summed E-state index contributed by atoms with van der Waals surface area (Å²) in [6.45, 7) is 9.18. The summed E-state index contributed by atoms with van der Waals surface area (Å²) in [6, 6.07) is 0. The van der Waals surface area contributed by atoms with Crippen molar-refractivity contribution in [1.29, 1.82) is 0 Å². The molecule has 0 saturated heterocycles. The molecule has 0 aromatic carbocycles. The fourth-order valence-corrected chi connectivity index (χ4v) is 2.72. The zero-order valence-electron chi connectivity index (χ0n) is 13.0. The normalized spacial score (nSPS) is 18.4. The highest BCUT2D eigenvalue weighted by molar-refractivity contribution is 5.82. The van der Waals surface area contributed by atoms with E-state index in [9.17, 15) is 4.79 Å². The molecule has 0 radical (unpaired) electrons. The summed E-state index contributed by atoms with van der Waals surface area (Å²) < 4.78 is 5.34. The van der Waals surface area contributed by atoms with Gasteiger partial charge in [0.05, 0.1) is 6.61 Å². The molecule has 1 fully saturated rings. The minimum absolute atomic E-state index is 0.0669. The van der Waals surface area contributed by atoms with Gasteiger partial charge in [-0.05, 0) is 52.2 Å². The first kappa shape index (κ1) is 16.4. The van der Waals surface area contributed by atoms with Crippen LogP contribution in [0.5, 0.6) is 0 Å². The highest BCUT2D eigenvalue weighted by atomic mass is 16.5. The molecule has 1 saturated carbocycles. The third-order valence-electron chi connectivity index (χ3n) is 3.82. The van der Waals surface area contributed by atoms with E-state index in [-0.39, 0.29) is 5.97 Å². The van der Waals surface area contributed by atoms with Crippen molar-refractivity contribution in [2.45, 2.75) is 52.0 Å². The van der Waals surface area contributed by atoms with E-state index in [4.69, 9.17) is 4.74 Å². The van der Waals surface area contributed by atoms with Crippen LogP contribution < -0.4 is 5.32 Å². The Bertz CT molecular complexity index is 279. The molecule has 112 valence electrons. The fraction of sp³-hybridized carbons (Fsp3) is 0.933. The minimum Gasteiger partial charge on any atom is -0.465 e. The van der Waals surface area contributed by atoms with E-state index in [1.54, 1.807) is 0 Å². The van der Waals surface area contributed by atoms with Crippen LogP contribution >= 0.6 is 0 Å². The predicted molar refractivity (Wildman–Crippen MR) is 78.2 cm³/mol. The molecule has 1 atom stereocenters. The first-order valence-corrected chi connectivity index (χ1v) is 7.71. The van der Waals surface area contributed by atoms with Gasteiger partial charge in [0.1, 0.15) is 5.54 Å². The lowest BCUT2D eigenvalue weighted by Crippen LogP contribution is -2.61. The minimum atomic E-state index is -0.493. The number of nitrogens with one attached hydrogen (secondary N) is 1. The zero-order chi connectivity index (χ0) is 14.3. The van der Waals surface area contributed by atoms with Crippen molar-refractivity contribution in [3.05, 3.63) is 0 Å². The predicted octanol–water partition coefficient (Wildman–Crippen LogP) is 2.04. The number of unbranched alkanes of at least 4 members (excludes halogenated alkanes) is 1. The Hall–Kier alpha value is -0.610. The van der Waals surface area contributed by atoms with Crippen LogP contribution in [0.25, 0.3) is 0 Å². The van der Waals surface area contributed by atoms with Crippen molar-refractivity contribution in [3.8, 4) is 0 Å². The Morgan fingerprint density at radius 2 is 2.05 bits per heavy atom. The van der Waals surface area contributed by atoms with E-state index in [2.05, 4.69) is 31.1 Å². The maximum Gasteiger partial charge on any atom is 0.327 e. The quantitative estimate of drug-likeness (QED) is 0.617. The summed E-state index contributed by atoms with van der Waals surface area (Å²) in [5.74, 6) is 0.373. The molecule has 1 N–H and O–H groups in total. The maximum absolute atomic E-state index is 12.4. The molecule has 19 heavy (non-hydrogen) atoms. The molecule has 0 bridgehead atoms. The van der Waals surface area contributed by atoms with Gasteiger partial charge in [0.15, 0.2) is 0 Å². The summed E-state index contributed by atoms with van der Waals surface area (Å²) in [7, 11) is 2.10. The number of likely N-dealkylation sites (N-methyl/N-ethyl adjacent to an activating group) is 2. The fourth-order valence-electron chi connectivity index (χ4n) is 2.72. The highest BCUT2D eigenvalue weighted by Gasteiger charge is 2.52. The molecule has 0 aromatic heterocycles. The largest absolute Gasteiger partial charge is 0.465 e. The van der Waals surface area contributed by atoms with E-state index in [0.717, 1.165) is 32.5 Å². The number of carbonyl (C=O) groups excluding carboxylic acids is 1. The highest BCUT2D eigenvalue weighted by Crippen LogP contribution is 2.41. The smallest absolute Gasteiger partial charge is 0.327 e. The zero-order valence-corrected chi connectivity index (χ0v) is 13.0. The SMILES string of the molecule is CCCCN(C)CC(NCC)(C(=O)OCC)C1CC1. The van der Waals surface area contributed by atoms with Crippen LogP contribution in [0, 0.1) is 5.92 Å². The van der Waals surface area contributed by atoms with Gasteiger partial charge in [-0.25, -0.2) is 4.79 Å². The number of hydrogen-bond acceptors (Lipinski definition) is 4. The van der Waals surface area contributed by atoms with Gasteiger partial charge in [0.2, 0.25) is 0 Å². The van der Waals surface area contributed by atoms with Crippen LogP contribution in [0.4, 0.5) is 0 Å². The molecule has 0 aromatic rings. The standard InChI is InChI=1S/C15H30N2O2/c1-5-8-11-17(4)12-15(16-6-2,13-9-10-13)14(18)19-7-3/h13,16H,5-12H2,1-4H3. The molecule has 1 aliphatic carbocycles. The molecule has 4 nitrogen and oxygen atoms in total. The summed E-state index contributed by atoms with van der Waals surface area (Å²) >= 11 is 0. The van der Waals surface area contributed by atoms with Gasteiger partial charge < -0.3 is 15.0 Å². The van der Waals surface area contributed by atoms with E-state index in [1.807, 2.05) is 6.92 Å². The van der Waals surface area contributed by atoms with Gasteiger partial charge in [-0.3, -0.25) is 0 Å². The third kappa shape index (κ3) is 4.46. The Morgan fingerprint density at radius 3 is 2.53 bits per heavy atom. The maximum atomic E-state index is 12.4. The van der Waals surface area contributed by atoms with Gasteiger partial charge in [-0.15, -0.1) is 0 Å². The third-order valence-corrected chi connectivity index (χ3v) is 3.82. The second kappa shape index (κ2) is 7.85. The van der Waals surface area contributed by atoms with Crippen molar-refractivity contribution >= 4 is 5.97 Å². The van der Waals surface area contributed by atoms with Crippen LogP contribution in [0.2, 0.25) is 0 Å². The monoisotopic (exact) mass is 270 g/mol. The van der Waals surface area contributed by atoms with Crippen LogP contribution in [0.1, 0.15) is 46.5 Å². The van der Waals surface area contributed by atoms with Gasteiger partial charge in [0, 0.05) is 6.54 Å². The summed E-state index contributed by atoms with van der Waals surface area (Å²) in [5.41, 5.74) is -0.493. The lowest BCUT2D eigenvalue weighted by Gasteiger charge is -2.36. The Morgan fingerprint density at radius 1 is 1.37 bits per heavy atom. The number of carbonyl (C=O) groups is 1. The van der Waals surface area contributed by atoms with E-state index >= 15 is 0 Å². The Kier molecular flexibility index (Phi) is 6.80. The number of nitrogens with zero attached hydrogens (tertiary/aromatic N) is 1. The van der Waals surface area contributed by atoms with Gasteiger partial charge in [-0.1, -0.05) is 20.3 Å². The van der Waals surface area contributed by atoms with Crippen molar-refractivity contribution in [2.75, 3.05) is 33.3 Å². The first-order chi connectivity index (χ1) is 9.10. The number of esters is 1. The first-order valence-electron chi connectivity index (χ1n) is 7.71. The van der Waals surface area contributed by atoms with Gasteiger partial charge >= 0.3 is 5.97 Å². The van der Waals surface area contributed by atoms with Gasteiger partial charge in [0.25, 0.3) is 0 Å². The summed E-state index contributed by atoms with van der Waals surface area (Å²) in [4.78, 5) is 14.7. The van der Waals surface area contributed by atoms with Crippen LogP contribution in [-0.4, -0.2) is 49.7 Å². The lowest BCUT2D eigenvalue weighted by molar-refractivity contribution is -0.153. The van der Waals surface area contributed by atoms with Crippen LogP contribution in [-0.2, 0) is 9.53 Å².